The Balaban J connectivity index is 2.19. The molecule has 0 aliphatic heterocycles. The molecule has 2 rings (SSSR count). The fourth-order valence-corrected chi connectivity index (χ4v) is 3.78. The van der Waals surface area contributed by atoms with Crippen LogP contribution in [-0.2, 0) is 21.4 Å². The summed E-state index contributed by atoms with van der Waals surface area (Å²) in [5, 5.41) is 2.67. The largest absolute Gasteiger partial charge is 0.497 e. The molecule has 27 heavy (non-hydrogen) atoms. The van der Waals surface area contributed by atoms with Crippen molar-refractivity contribution in [3.05, 3.63) is 53.6 Å². The van der Waals surface area contributed by atoms with Crippen molar-refractivity contribution in [2.45, 2.75) is 31.3 Å². The normalized spacial score (nSPS) is 12.3. The Labute approximate surface area is 159 Å². The predicted octanol–water partition coefficient (Wildman–Crippen LogP) is 2.38. The van der Waals surface area contributed by atoms with Gasteiger partial charge in [-0.3, -0.25) is 4.79 Å². The van der Waals surface area contributed by atoms with Crippen LogP contribution in [0.1, 0.15) is 31.0 Å². The van der Waals surface area contributed by atoms with Crippen LogP contribution in [0.4, 0.5) is 0 Å². The summed E-state index contributed by atoms with van der Waals surface area (Å²) in [5.74, 6) is 1.03. The zero-order valence-corrected chi connectivity index (χ0v) is 16.6. The summed E-state index contributed by atoms with van der Waals surface area (Å²) in [4.78, 5) is 11.1. The Kier molecular flexibility index (Phi) is 6.81. The van der Waals surface area contributed by atoms with Gasteiger partial charge in [0.1, 0.15) is 11.5 Å². The van der Waals surface area contributed by atoms with Crippen molar-refractivity contribution in [2.24, 2.45) is 0 Å². The van der Waals surface area contributed by atoms with Gasteiger partial charge in [0.2, 0.25) is 15.9 Å². The maximum Gasteiger partial charge on any atom is 0.241 e. The molecular weight excluding hydrogens is 368 g/mol. The standard InChI is InChI=1S/C19H24N2O5S/c1-13(18-11-16(25-3)7-10-19(18)26-4)21-27(23,24)17-8-5-15(6-9-17)12-20-14(2)22/h5-11,13,21H,12H2,1-4H3,(H,20,22). The minimum Gasteiger partial charge on any atom is -0.497 e. The predicted molar refractivity (Wildman–Crippen MR) is 102 cm³/mol. The average molecular weight is 392 g/mol. The van der Waals surface area contributed by atoms with Crippen molar-refractivity contribution in [3.63, 3.8) is 0 Å². The Morgan fingerprint density at radius 2 is 1.74 bits per heavy atom. The zero-order chi connectivity index (χ0) is 20.0. The van der Waals surface area contributed by atoms with Gasteiger partial charge in [0.05, 0.1) is 19.1 Å². The highest BCUT2D eigenvalue weighted by Crippen LogP contribution is 2.30. The van der Waals surface area contributed by atoms with Gasteiger partial charge in [-0.05, 0) is 42.8 Å². The van der Waals surface area contributed by atoms with E-state index in [1.165, 1.54) is 26.2 Å². The number of carbonyl (C=O) groups excluding carboxylic acids is 1. The van der Waals surface area contributed by atoms with Crippen LogP contribution in [0.25, 0.3) is 0 Å². The molecular formula is C19H24N2O5S. The van der Waals surface area contributed by atoms with Gasteiger partial charge in [0.25, 0.3) is 0 Å². The zero-order valence-electron chi connectivity index (χ0n) is 15.8. The third-order valence-electron chi connectivity index (χ3n) is 4.01. The number of benzene rings is 2. The number of hydrogen-bond donors (Lipinski definition) is 2. The molecule has 1 atom stereocenters. The lowest BCUT2D eigenvalue weighted by atomic mass is 10.1. The monoisotopic (exact) mass is 392 g/mol. The average Bonchev–Trinajstić information content (AvgIpc) is 2.65. The Morgan fingerprint density at radius 3 is 2.30 bits per heavy atom. The first-order chi connectivity index (χ1) is 12.8. The van der Waals surface area contributed by atoms with Crippen LogP contribution < -0.4 is 19.5 Å². The van der Waals surface area contributed by atoms with Crippen LogP contribution in [0.2, 0.25) is 0 Å². The third kappa shape index (κ3) is 5.45. The van der Waals surface area contributed by atoms with Crippen molar-refractivity contribution in [1.29, 1.82) is 0 Å². The number of carbonyl (C=O) groups is 1. The van der Waals surface area contributed by atoms with Gasteiger partial charge in [0, 0.05) is 25.1 Å². The molecule has 0 aliphatic carbocycles. The topological polar surface area (TPSA) is 93.7 Å². The third-order valence-corrected chi connectivity index (χ3v) is 5.57. The lowest BCUT2D eigenvalue weighted by Gasteiger charge is -2.18. The lowest BCUT2D eigenvalue weighted by Crippen LogP contribution is -2.27. The van der Waals surface area contributed by atoms with Crippen molar-refractivity contribution in [2.75, 3.05) is 14.2 Å². The smallest absolute Gasteiger partial charge is 0.241 e. The van der Waals surface area contributed by atoms with Crippen molar-refractivity contribution < 1.29 is 22.7 Å². The maximum absolute atomic E-state index is 12.7. The van der Waals surface area contributed by atoms with E-state index < -0.39 is 16.1 Å². The minimum absolute atomic E-state index is 0.141. The number of amides is 1. The summed E-state index contributed by atoms with van der Waals surface area (Å²) in [6.07, 6.45) is 0. The van der Waals surface area contributed by atoms with Crippen LogP contribution in [0, 0.1) is 0 Å². The fourth-order valence-electron chi connectivity index (χ4n) is 2.56. The molecule has 1 amide bonds. The van der Waals surface area contributed by atoms with Crippen LogP contribution in [0.3, 0.4) is 0 Å². The molecule has 7 nitrogen and oxygen atoms in total. The second-order valence-electron chi connectivity index (χ2n) is 6.00. The van der Waals surface area contributed by atoms with Crippen molar-refractivity contribution >= 4 is 15.9 Å². The van der Waals surface area contributed by atoms with Gasteiger partial charge in [0.15, 0.2) is 0 Å². The number of nitrogens with one attached hydrogen (secondary N) is 2. The van der Waals surface area contributed by atoms with E-state index in [4.69, 9.17) is 9.47 Å². The molecule has 1 unspecified atom stereocenters. The molecule has 0 heterocycles. The summed E-state index contributed by atoms with van der Waals surface area (Å²) in [5.41, 5.74) is 1.48. The van der Waals surface area contributed by atoms with Crippen LogP contribution >= 0.6 is 0 Å². The SMILES string of the molecule is COc1ccc(OC)c(C(C)NS(=O)(=O)c2ccc(CNC(C)=O)cc2)c1. The first kappa shape index (κ1) is 20.7. The van der Waals surface area contributed by atoms with Gasteiger partial charge < -0.3 is 14.8 Å². The van der Waals surface area contributed by atoms with Gasteiger partial charge in [-0.25, -0.2) is 13.1 Å². The summed E-state index contributed by atoms with van der Waals surface area (Å²) in [6, 6.07) is 11.0. The highest BCUT2D eigenvalue weighted by Gasteiger charge is 2.21. The van der Waals surface area contributed by atoms with Crippen molar-refractivity contribution in [3.8, 4) is 11.5 Å². The molecule has 0 saturated heterocycles. The quantitative estimate of drug-likeness (QED) is 0.719. The fraction of sp³-hybridized carbons (Fsp3) is 0.316. The van der Waals surface area contributed by atoms with E-state index >= 15 is 0 Å². The molecule has 2 N–H and O–H groups in total. The highest BCUT2D eigenvalue weighted by atomic mass is 32.2. The Hall–Kier alpha value is -2.58. The summed E-state index contributed by atoms with van der Waals surface area (Å²) >= 11 is 0. The van der Waals surface area contributed by atoms with E-state index in [1.807, 2.05) is 0 Å². The van der Waals surface area contributed by atoms with Gasteiger partial charge >= 0.3 is 0 Å². The minimum atomic E-state index is -3.73. The number of rotatable bonds is 8. The number of ether oxygens (including phenoxy) is 2. The summed E-state index contributed by atoms with van der Waals surface area (Å²) in [6.45, 7) is 3.51. The van der Waals surface area contributed by atoms with E-state index in [1.54, 1.807) is 44.4 Å². The van der Waals surface area contributed by atoms with Gasteiger partial charge in [-0.2, -0.15) is 0 Å². The summed E-state index contributed by atoms with van der Waals surface area (Å²) in [7, 11) is -0.661. The first-order valence-electron chi connectivity index (χ1n) is 8.34. The molecule has 0 saturated carbocycles. The first-order valence-corrected chi connectivity index (χ1v) is 9.82. The van der Waals surface area contributed by atoms with E-state index in [2.05, 4.69) is 10.0 Å². The highest BCUT2D eigenvalue weighted by molar-refractivity contribution is 7.89. The number of methoxy groups -OCH3 is 2. The molecule has 2 aromatic carbocycles. The molecule has 2 aromatic rings. The van der Waals surface area contributed by atoms with Crippen molar-refractivity contribution in [1.82, 2.24) is 10.0 Å². The molecule has 146 valence electrons. The Bertz CT molecular complexity index is 895. The molecule has 0 bridgehead atoms. The molecule has 0 aromatic heterocycles. The van der Waals surface area contributed by atoms with Crippen LogP contribution in [0.15, 0.2) is 47.4 Å². The second-order valence-corrected chi connectivity index (χ2v) is 7.72. The van der Waals surface area contributed by atoms with Gasteiger partial charge in [-0.15, -0.1) is 0 Å². The molecule has 0 radical (unpaired) electrons. The molecule has 0 fully saturated rings. The molecule has 8 heteroatoms. The van der Waals surface area contributed by atoms with Crippen LogP contribution in [-0.4, -0.2) is 28.5 Å². The molecule has 0 aliphatic rings. The number of hydrogen-bond acceptors (Lipinski definition) is 5. The van der Waals surface area contributed by atoms with Crippen LogP contribution in [0.5, 0.6) is 11.5 Å². The van der Waals surface area contributed by atoms with Gasteiger partial charge in [-0.1, -0.05) is 12.1 Å². The van der Waals surface area contributed by atoms with E-state index in [9.17, 15) is 13.2 Å². The van der Waals surface area contributed by atoms with E-state index in [-0.39, 0.29) is 10.8 Å². The lowest BCUT2D eigenvalue weighted by molar-refractivity contribution is -0.119. The van der Waals surface area contributed by atoms with E-state index in [0.29, 0.717) is 23.6 Å². The maximum atomic E-state index is 12.7. The second kappa shape index (κ2) is 8.88. The summed E-state index contributed by atoms with van der Waals surface area (Å²) < 4.78 is 38.6. The Morgan fingerprint density at radius 1 is 1.07 bits per heavy atom. The molecule has 0 spiro atoms. The number of sulfonamides is 1. The van der Waals surface area contributed by atoms with E-state index in [0.717, 1.165) is 5.56 Å².